The summed E-state index contributed by atoms with van der Waals surface area (Å²) in [5, 5.41) is 6.05. The molecule has 1 aliphatic rings. The molecule has 0 saturated carbocycles. The first-order chi connectivity index (χ1) is 19.0. The summed E-state index contributed by atoms with van der Waals surface area (Å²) in [6.45, 7) is 11.3. The number of halogens is 4. The Balaban J connectivity index is 1.74. The van der Waals surface area contributed by atoms with E-state index >= 15 is 4.39 Å². The van der Waals surface area contributed by atoms with Crippen LogP contribution in [0.25, 0.3) is 11.1 Å². The first kappa shape index (κ1) is 30.3. The first-order valence-corrected chi connectivity index (χ1v) is 12.8. The van der Waals surface area contributed by atoms with E-state index in [2.05, 4.69) is 32.2 Å². The Morgan fingerprint density at radius 1 is 1.12 bits per heavy atom. The number of nitrogens with zero attached hydrogens (tertiary/aromatic N) is 3. The molecule has 0 saturated heterocycles. The lowest BCUT2D eigenvalue weighted by molar-refractivity contribution is -0.0936. The Hall–Kier alpha value is -4.27. The van der Waals surface area contributed by atoms with Gasteiger partial charge in [0.15, 0.2) is 0 Å². The number of alkyl halides is 3. The van der Waals surface area contributed by atoms with Gasteiger partial charge in [-0.3, -0.25) is 4.99 Å². The SMILES string of the molecule is C=C(Cc1cc(C)c(-c2cnc(NC3=C(C)/C=C\C=C/CN=C3)nc2)cc1F)NC(=C/C)/C=C(\CC)C(F)(F)F. The van der Waals surface area contributed by atoms with Crippen LogP contribution in [0.3, 0.4) is 0 Å². The summed E-state index contributed by atoms with van der Waals surface area (Å²) in [5.41, 5.74) is 4.14. The van der Waals surface area contributed by atoms with Crippen molar-refractivity contribution in [1.29, 1.82) is 0 Å². The van der Waals surface area contributed by atoms with Crippen LogP contribution in [-0.2, 0) is 6.42 Å². The van der Waals surface area contributed by atoms with Gasteiger partial charge < -0.3 is 10.6 Å². The maximum atomic E-state index is 15.1. The summed E-state index contributed by atoms with van der Waals surface area (Å²) in [5.74, 6) is -0.0799. The van der Waals surface area contributed by atoms with Crippen LogP contribution in [0.2, 0.25) is 0 Å². The second-order valence-corrected chi connectivity index (χ2v) is 9.23. The molecular formula is C31H33F4N5. The van der Waals surface area contributed by atoms with Crippen LogP contribution in [0.15, 0.2) is 101 Å². The Kier molecular flexibility index (Phi) is 10.4. The van der Waals surface area contributed by atoms with Crippen molar-refractivity contribution in [2.24, 2.45) is 4.99 Å². The van der Waals surface area contributed by atoms with Crippen molar-refractivity contribution in [2.45, 2.75) is 46.7 Å². The second-order valence-electron chi connectivity index (χ2n) is 9.23. The van der Waals surface area contributed by atoms with Crippen LogP contribution in [0.1, 0.15) is 38.3 Å². The van der Waals surface area contributed by atoms with Gasteiger partial charge in [-0.15, -0.1) is 0 Å². The van der Waals surface area contributed by atoms with Crippen molar-refractivity contribution in [2.75, 3.05) is 11.9 Å². The summed E-state index contributed by atoms with van der Waals surface area (Å²) in [6, 6.07) is 3.11. The predicted molar refractivity (Wildman–Crippen MR) is 154 cm³/mol. The van der Waals surface area contributed by atoms with Crippen LogP contribution in [-0.4, -0.2) is 28.9 Å². The fourth-order valence-corrected chi connectivity index (χ4v) is 3.95. The van der Waals surface area contributed by atoms with Crippen LogP contribution in [0, 0.1) is 12.7 Å². The third-order valence-electron chi connectivity index (χ3n) is 6.16. The number of anilines is 1. The molecule has 0 bridgehead atoms. The Bertz CT molecular complexity index is 1410. The molecule has 3 rings (SSSR count). The summed E-state index contributed by atoms with van der Waals surface area (Å²) in [4.78, 5) is 13.1. The van der Waals surface area contributed by atoms with Crippen molar-refractivity contribution in [1.82, 2.24) is 15.3 Å². The quantitative estimate of drug-likeness (QED) is 0.246. The van der Waals surface area contributed by atoms with Gasteiger partial charge in [-0.2, -0.15) is 13.2 Å². The van der Waals surface area contributed by atoms with E-state index in [9.17, 15) is 13.2 Å². The van der Waals surface area contributed by atoms with E-state index in [-0.39, 0.29) is 18.5 Å². The third-order valence-corrected chi connectivity index (χ3v) is 6.16. The maximum absolute atomic E-state index is 15.1. The van der Waals surface area contributed by atoms with E-state index in [1.807, 2.05) is 38.2 Å². The van der Waals surface area contributed by atoms with Gasteiger partial charge in [-0.1, -0.05) is 49.9 Å². The largest absolute Gasteiger partial charge is 0.412 e. The van der Waals surface area contributed by atoms with Crippen molar-refractivity contribution in [3.63, 3.8) is 0 Å². The van der Waals surface area contributed by atoms with Crippen molar-refractivity contribution >= 4 is 12.2 Å². The summed E-state index contributed by atoms with van der Waals surface area (Å²) in [7, 11) is 0. The number of aliphatic imine (C=N–C) groups is 1. The zero-order valence-corrected chi connectivity index (χ0v) is 23.0. The van der Waals surface area contributed by atoms with E-state index in [1.54, 1.807) is 31.6 Å². The lowest BCUT2D eigenvalue weighted by Crippen LogP contribution is -2.17. The number of hydrogen-bond acceptors (Lipinski definition) is 5. The van der Waals surface area contributed by atoms with Gasteiger partial charge in [0.2, 0.25) is 5.95 Å². The molecule has 2 N–H and O–H groups in total. The van der Waals surface area contributed by atoms with Gasteiger partial charge in [0.05, 0.1) is 12.2 Å². The molecule has 0 fully saturated rings. The highest BCUT2D eigenvalue weighted by Gasteiger charge is 2.32. The number of benzene rings is 1. The van der Waals surface area contributed by atoms with Crippen LogP contribution >= 0.6 is 0 Å². The van der Waals surface area contributed by atoms with Crippen LogP contribution < -0.4 is 10.6 Å². The van der Waals surface area contributed by atoms with Gasteiger partial charge in [0.1, 0.15) is 5.82 Å². The van der Waals surface area contributed by atoms with Gasteiger partial charge >= 0.3 is 6.18 Å². The molecule has 5 nitrogen and oxygen atoms in total. The minimum Gasteiger partial charge on any atom is -0.359 e. The van der Waals surface area contributed by atoms with Crippen LogP contribution in [0.4, 0.5) is 23.5 Å². The summed E-state index contributed by atoms with van der Waals surface area (Å²) in [6.07, 6.45) is 10.9. The number of aromatic nitrogens is 2. The monoisotopic (exact) mass is 551 g/mol. The van der Waals surface area contributed by atoms with E-state index < -0.39 is 17.6 Å². The molecule has 0 atom stereocenters. The van der Waals surface area contributed by atoms with Crippen molar-refractivity contribution in [3.8, 4) is 11.1 Å². The molecule has 0 unspecified atom stereocenters. The molecule has 2 aromatic rings. The number of aryl methyl sites for hydroxylation is 1. The minimum atomic E-state index is -4.42. The highest BCUT2D eigenvalue weighted by atomic mass is 19.4. The Labute approximate surface area is 232 Å². The summed E-state index contributed by atoms with van der Waals surface area (Å²) < 4.78 is 54.5. The molecule has 1 aromatic heterocycles. The molecule has 0 spiro atoms. The fourth-order valence-electron chi connectivity index (χ4n) is 3.95. The molecular weight excluding hydrogens is 518 g/mol. The van der Waals surface area contributed by atoms with Gasteiger partial charge in [-0.05, 0) is 61.6 Å². The molecule has 0 aliphatic carbocycles. The molecule has 9 heteroatoms. The lowest BCUT2D eigenvalue weighted by atomic mass is 9.98. The number of hydrogen-bond donors (Lipinski definition) is 2. The minimum absolute atomic E-state index is 0.102. The predicted octanol–water partition coefficient (Wildman–Crippen LogP) is 7.92. The number of rotatable bonds is 9. The van der Waals surface area contributed by atoms with Gasteiger partial charge in [-0.25, -0.2) is 14.4 Å². The number of allylic oxidation sites excluding steroid dienone is 9. The molecule has 1 aliphatic heterocycles. The fraction of sp³-hybridized carbons (Fsp3) is 0.258. The summed E-state index contributed by atoms with van der Waals surface area (Å²) >= 11 is 0. The topological polar surface area (TPSA) is 62.2 Å². The lowest BCUT2D eigenvalue weighted by Gasteiger charge is -2.15. The van der Waals surface area contributed by atoms with Crippen molar-refractivity contribution in [3.05, 3.63) is 113 Å². The smallest absolute Gasteiger partial charge is 0.359 e. The molecule has 40 heavy (non-hydrogen) atoms. The first-order valence-electron chi connectivity index (χ1n) is 12.8. The Morgan fingerprint density at radius 3 is 2.50 bits per heavy atom. The Morgan fingerprint density at radius 2 is 1.85 bits per heavy atom. The maximum Gasteiger partial charge on any atom is 0.412 e. The zero-order valence-electron chi connectivity index (χ0n) is 23.0. The molecule has 2 heterocycles. The third kappa shape index (κ3) is 8.36. The molecule has 1 aromatic carbocycles. The number of nitrogens with one attached hydrogen (secondary N) is 2. The van der Waals surface area contributed by atoms with E-state index in [4.69, 9.17) is 0 Å². The van der Waals surface area contributed by atoms with Crippen LogP contribution in [0.5, 0.6) is 0 Å². The van der Waals surface area contributed by atoms with E-state index in [0.29, 0.717) is 34.9 Å². The molecule has 210 valence electrons. The van der Waals surface area contributed by atoms with Crippen molar-refractivity contribution < 1.29 is 17.6 Å². The van der Waals surface area contributed by atoms with Gasteiger partial charge in [0.25, 0.3) is 0 Å². The van der Waals surface area contributed by atoms with E-state index in [1.165, 1.54) is 19.1 Å². The average molecular weight is 552 g/mol. The highest BCUT2D eigenvalue weighted by Crippen LogP contribution is 2.29. The average Bonchev–Trinajstić information content (AvgIpc) is 3.00. The zero-order chi connectivity index (χ0) is 29.3. The second kappa shape index (κ2) is 13.7. The molecule has 0 radical (unpaired) electrons. The van der Waals surface area contributed by atoms with E-state index in [0.717, 1.165) is 22.9 Å². The normalized spacial score (nSPS) is 16.2. The standard InChI is InChI=1S/C31H33F4N5/c1-6-25(31(33,34)35)15-26(7-2)39-22(5)14-23-13-21(4)27(16-28(23)32)24-17-37-30(38-18-24)40-29-19-36-12-10-8-9-11-20(29)3/h7-11,13,15-19,39H,5-6,12,14H2,1-4H3,(H,37,38,40)/b10-8-,11-9-,25-15+,26-7+,29-20?,36-19?. The highest BCUT2D eigenvalue weighted by molar-refractivity contribution is 5.84. The van der Waals surface area contributed by atoms with Gasteiger partial charge in [0, 0.05) is 47.6 Å². The molecule has 0 amide bonds.